The Morgan fingerprint density at radius 1 is 1.10 bits per heavy atom. The third-order valence-corrected chi connectivity index (χ3v) is 6.54. The molecule has 0 N–H and O–H groups in total. The Bertz CT molecular complexity index is 837. The van der Waals surface area contributed by atoms with Gasteiger partial charge in [0.15, 0.2) is 5.78 Å². The first kappa shape index (κ1) is 20.2. The van der Waals surface area contributed by atoms with E-state index in [1.54, 1.807) is 0 Å². The average Bonchev–Trinajstić information content (AvgIpc) is 3.03. The maximum Gasteiger partial charge on any atom is 0.166 e. The van der Waals surface area contributed by atoms with E-state index in [-0.39, 0.29) is 5.92 Å². The van der Waals surface area contributed by atoms with Crippen LogP contribution in [0, 0.1) is 18.8 Å². The molecule has 0 radical (unpaired) electrons. The summed E-state index contributed by atoms with van der Waals surface area (Å²) < 4.78 is 5.85. The first-order valence-electron chi connectivity index (χ1n) is 11.2. The molecule has 1 fully saturated rings. The van der Waals surface area contributed by atoms with Crippen LogP contribution in [0.2, 0.25) is 0 Å². The number of likely N-dealkylation sites (tertiary alicyclic amines) is 1. The van der Waals surface area contributed by atoms with Crippen LogP contribution in [-0.2, 0) is 13.0 Å². The summed E-state index contributed by atoms with van der Waals surface area (Å²) in [5.74, 6) is 2.06. The van der Waals surface area contributed by atoms with Gasteiger partial charge in [-0.25, -0.2) is 0 Å². The van der Waals surface area contributed by atoms with Gasteiger partial charge in [0.05, 0.1) is 6.61 Å². The minimum absolute atomic E-state index is 0.163. The highest BCUT2D eigenvalue weighted by Gasteiger charge is 2.34. The molecule has 4 rings (SSSR count). The molecule has 1 unspecified atom stereocenters. The molecule has 1 atom stereocenters. The topological polar surface area (TPSA) is 29.5 Å². The van der Waals surface area contributed by atoms with Crippen LogP contribution in [0.5, 0.6) is 5.75 Å². The highest BCUT2D eigenvalue weighted by Crippen LogP contribution is 2.37. The van der Waals surface area contributed by atoms with Crippen molar-refractivity contribution in [3.8, 4) is 5.75 Å². The van der Waals surface area contributed by atoms with E-state index in [1.165, 1.54) is 24.0 Å². The van der Waals surface area contributed by atoms with Gasteiger partial charge in [-0.2, -0.15) is 0 Å². The van der Waals surface area contributed by atoms with Crippen LogP contribution in [0.15, 0.2) is 42.5 Å². The van der Waals surface area contributed by atoms with Crippen molar-refractivity contribution in [1.82, 2.24) is 4.90 Å². The minimum Gasteiger partial charge on any atom is -0.493 e. The van der Waals surface area contributed by atoms with Crippen molar-refractivity contribution in [2.24, 2.45) is 11.8 Å². The Kier molecular flexibility index (Phi) is 6.34. The first-order chi connectivity index (χ1) is 14.1. The summed E-state index contributed by atoms with van der Waals surface area (Å²) in [6.07, 6.45) is 5.34. The third kappa shape index (κ3) is 4.72. The van der Waals surface area contributed by atoms with Gasteiger partial charge in [-0.15, -0.1) is 0 Å². The first-order valence-corrected chi connectivity index (χ1v) is 11.2. The zero-order chi connectivity index (χ0) is 20.2. The molecule has 2 aliphatic rings. The molecule has 0 spiro atoms. The lowest BCUT2D eigenvalue weighted by molar-refractivity contribution is 0.0895. The second-order valence-corrected chi connectivity index (χ2v) is 8.83. The highest BCUT2D eigenvalue weighted by atomic mass is 16.5. The molecule has 0 bridgehead atoms. The summed E-state index contributed by atoms with van der Waals surface area (Å²) in [4.78, 5) is 15.6. The maximum absolute atomic E-state index is 13.0. The molecule has 3 nitrogen and oxygen atoms in total. The number of ketones is 1. The fourth-order valence-corrected chi connectivity index (χ4v) is 4.91. The van der Waals surface area contributed by atoms with Crippen LogP contribution in [0.4, 0.5) is 0 Å². The minimum atomic E-state index is 0.163. The SMILES string of the molecule is CCCOc1cc2c(cc1C)CC(CC1CCN(Cc3ccccc3)CC1)C2=O. The van der Waals surface area contributed by atoms with Gasteiger partial charge in [0.25, 0.3) is 0 Å². The summed E-state index contributed by atoms with van der Waals surface area (Å²) in [5, 5.41) is 0. The summed E-state index contributed by atoms with van der Waals surface area (Å²) in [6, 6.07) is 14.9. The van der Waals surface area contributed by atoms with Crippen molar-refractivity contribution in [2.75, 3.05) is 19.7 Å². The molecular weight excluding hydrogens is 358 g/mol. The highest BCUT2D eigenvalue weighted by molar-refractivity contribution is 6.02. The zero-order valence-corrected chi connectivity index (χ0v) is 17.8. The fourth-order valence-electron chi connectivity index (χ4n) is 4.91. The van der Waals surface area contributed by atoms with Gasteiger partial charge in [0, 0.05) is 18.0 Å². The van der Waals surface area contributed by atoms with Crippen LogP contribution >= 0.6 is 0 Å². The van der Waals surface area contributed by atoms with Crippen molar-refractivity contribution < 1.29 is 9.53 Å². The number of hydrogen-bond donors (Lipinski definition) is 0. The number of piperidine rings is 1. The number of benzene rings is 2. The molecule has 29 heavy (non-hydrogen) atoms. The molecule has 0 saturated carbocycles. The maximum atomic E-state index is 13.0. The number of Topliss-reactive ketones (excluding diaryl/α,β-unsaturated/α-hetero) is 1. The van der Waals surface area contributed by atoms with Gasteiger partial charge >= 0.3 is 0 Å². The molecule has 154 valence electrons. The normalized spacial score (nSPS) is 20.1. The number of fused-ring (bicyclic) bond motifs is 1. The quantitative estimate of drug-likeness (QED) is 0.629. The molecule has 1 saturated heterocycles. The number of rotatable bonds is 7. The second kappa shape index (κ2) is 9.13. The van der Waals surface area contributed by atoms with Crippen LogP contribution in [0.25, 0.3) is 0 Å². The summed E-state index contributed by atoms with van der Waals surface area (Å²) >= 11 is 0. The summed E-state index contributed by atoms with van der Waals surface area (Å²) in [6.45, 7) is 8.23. The fraction of sp³-hybridized carbons (Fsp3) is 0.500. The van der Waals surface area contributed by atoms with Gasteiger partial charge in [-0.1, -0.05) is 43.3 Å². The lowest BCUT2D eigenvalue weighted by atomic mass is 9.85. The Balaban J connectivity index is 1.32. The van der Waals surface area contributed by atoms with Crippen LogP contribution in [0.1, 0.15) is 59.7 Å². The van der Waals surface area contributed by atoms with Gasteiger partial charge < -0.3 is 4.74 Å². The number of carbonyl (C=O) groups is 1. The molecule has 0 aromatic heterocycles. The monoisotopic (exact) mass is 391 g/mol. The molecule has 2 aromatic carbocycles. The predicted molar refractivity (Wildman–Crippen MR) is 118 cm³/mol. The summed E-state index contributed by atoms with van der Waals surface area (Å²) in [5.41, 5.74) is 4.68. The molecule has 1 aliphatic carbocycles. The van der Waals surface area contributed by atoms with Gasteiger partial charge in [-0.3, -0.25) is 9.69 Å². The van der Waals surface area contributed by atoms with Crippen molar-refractivity contribution >= 4 is 5.78 Å². The van der Waals surface area contributed by atoms with Gasteiger partial charge in [-0.05, 0) is 80.8 Å². The number of aryl methyl sites for hydroxylation is 1. The third-order valence-electron chi connectivity index (χ3n) is 6.54. The standard InChI is InChI=1S/C26H33NO2/c1-3-13-29-25-17-24-22(14-19(25)2)16-23(26(24)28)15-20-9-11-27(12-10-20)18-21-7-5-4-6-8-21/h4-8,14,17,20,23H,3,9-13,15-16,18H2,1-2H3. The van der Waals surface area contributed by atoms with Crippen LogP contribution < -0.4 is 4.74 Å². The number of hydrogen-bond acceptors (Lipinski definition) is 3. The van der Waals surface area contributed by atoms with Gasteiger partial charge in [0.2, 0.25) is 0 Å². The lowest BCUT2D eigenvalue weighted by Gasteiger charge is -2.32. The molecule has 1 heterocycles. The average molecular weight is 392 g/mol. The van der Waals surface area contributed by atoms with Crippen LogP contribution in [-0.4, -0.2) is 30.4 Å². The number of ether oxygens (including phenoxy) is 1. The molecule has 0 amide bonds. The van der Waals surface area contributed by atoms with E-state index in [1.807, 2.05) is 6.07 Å². The predicted octanol–water partition coefficient (Wildman–Crippen LogP) is 5.44. The van der Waals surface area contributed by atoms with Crippen molar-refractivity contribution in [2.45, 2.75) is 52.5 Å². The van der Waals surface area contributed by atoms with E-state index in [0.29, 0.717) is 18.3 Å². The Morgan fingerprint density at radius 3 is 2.59 bits per heavy atom. The molecule has 3 heteroatoms. The largest absolute Gasteiger partial charge is 0.493 e. The van der Waals surface area contributed by atoms with E-state index in [9.17, 15) is 4.79 Å². The Hall–Kier alpha value is -2.13. The Labute approximate surface area is 175 Å². The van der Waals surface area contributed by atoms with Crippen LogP contribution in [0.3, 0.4) is 0 Å². The molecular formula is C26H33NO2. The number of carbonyl (C=O) groups excluding carboxylic acids is 1. The van der Waals surface area contributed by atoms with Gasteiger partial charge in [0.1, 0.15) is 5.75 Å². The van der Waals surface area contributed by atoms with Crippen molar-refractivity contribution in [1.29, 1.82) is 0 Å². The zero-order valence-electron chi connectivity index (χ0n) is 17.8. The Morgan fingerprint density at radius 2 is 1.86 bits per heavy atom. The lowest BCUT2D eigenvalue weighted by Crippen LogP contribution is -2.34. The second-order valence-electron chi connectivity index (χ2n) is 8.83. The van der Waals surface area contributed by atoms with E-state index < -0.39 is 0 Å². The van der Waals surface area contributed by atoms with Crippen molar-refractivity contribution in [3.63, 3.8) is 0 Å². The van der Waals surface area contributed by atoms with E-state index >= 15 is 0 Å². The van der Waals surface area contributed by atoms with E-state index in [4.69, 9.17) is 4.74 Å². The smallest absolute Gasteiger partial charge is 0.166 e. The number of nitrogens with zero attached hydrogens (tertiary/aromatic N) is 1. The molecule has 2 aromatic rings. The summed E-state index contributed by atoms with van der Waals surface area (Å²) in [7, 11) is 0. The van der Waals surface area contributed by atoms with E-state index in [0.717, 1.165) is 55.8 Å². The molecule has 1 aliphatic heterocycles. The van der Waals surface area contributed by atoms with E-state index in [2.05, 4.69) is 55.1 Å². The van der Waals surface area contributed by atoms with Crippen molar-refractivity contribution in [3.05, 3.63) is 64.7 Å².